The van der Waals surface area contributed by atoms with E-state index >= 15 is 0 Å². The maximum Gasteiger partial charge on any atom is 0.00361 e. The van der Waals surface area contributed by atoms with Gasteiger partial charge in [-0.1, -0.05) is 30.7 Å². The standard InChI is InChI=1S/C12H21N/c1-3-11(2)13-10-6-9-12-7-4-5-8-12/h4-5,7,11,13H,3,6,8-10H2,1-2H3. The highest BCUT2D eigenvalue weighted by atomic mass is 14.9. The molecule has 1 aliphatic carbocycles. The molecule has 0 fully saturated rings. The first-order valence-corrected chi connectivity index (χ1v) is 5.41. The molecule has 0 aromatic heterocycles. The lowest BCUT2D eigenvalue weighted by Gasteiger charge is -2.10. The monoisotopic (exact) mass is 179 g/mol. The molecular formula is C12H21N. The molecule has 1 aliphatic rings. The van der Waals surface area contributed by atoms with Crippen LogP contribution < -0.4 is 5.32 Å². The van der Waals surface area contributed by atoms with Crippen molar-refractivity contribution in [1.29, 1.82) is 0 Å². The Hall–Kier alpha value is -0.560. The summed E-state index contributed by atoms with van der Waals surface area (Å²) < 4.78 is 0. The molecule has 1 atom stereocenters. The van der Waals surface area contributed by atoms with Crippen molar-refractivity contribution in [2.45, 2.75) is 45.6 Å². The van der Waals surface area contributed by atoms with E-state index in [1.165, 1.54) is 25.7 Å². The molecule has 1 nitrogen and oxygen atoms in total. The Morgan fingerprint density at radius 2 is 2.38 bits per heavy atom. The third-order valence-electron chi connectivity index (χ3n) is 2.63. The van der Waals surface area contributed by atoms with Crippen LogP contribution in [0.25, 0.3) is 0 Å². The quantitative estimate of drug-likeness (QED) is 0.618. The lowest BCUT2D eigenvalue weighted by Crippen LogP contribution is -2.26. The van der Waals surface area contributed by atoms with Gasteiger partial charge in [0.2, 0.25) is 0 Å². The fourth-order valence-electron chi connectivity index (χ4n) is 1.49. The van der Waals surface area contributed by atoms with E-state index in [1.54, 1.807) is 5.57 Å². The van der Waals surface area contributed by atoms with Gasteiger partial charge < -0.3 is 5.32 Å². The Bertz CT molecular complexity index is 191. The average Bonchev–Trinajstić information content (AvgIpc) is 2.64. The second-order valence-corrected chi connectivity index (χ2v) is 3.82. The summed E-state index contributed by atoms with van der Waals surface area (Å²) in [5.41, 5.74) is 1.59. The first-order chi connectivity index (χ1) is 6.33. The van der Waals surface area contributed by atoms with Crippen LogP contribution in [0.4, 0.5) is 0 Å². The summed E-state index contributed by atoms with van der Waals surface area (Å²) in [4.78, 5) is 0. The first-order valence-electron chi connectivity index (χ1n) is 5.41. The Morgan fingerprint density at radius 1 is 1.54 bits per heavy atom. The van der Waals surface area contributed by atoms with Crippen LogP contribution in [0.1, 0.15) is 39.5 Å². The zero-order valence-electron chi connectivity index (χ0n) is 8.84. The fourth-order valence-corrected chi connectivity index (χ4v) is 1.49. The maximum absolute atomic E-state index is 3.51. The van der Waals surface area contributed by atoms with Gasteiger partial charge in [-0.3, -0.25) is 0 Å². The van der Waals surface area contributed by atoms with Crippen molar-refractivity contribution in [3.05, 3.63) is 23.8 Å². The molecule has 1 heteroatoms. The van der Waals surface area contributed by atoms with Gasteiger partial charge in [0.25, 0.3) is 0 Å². The van der Waals surface area contributed by atoms with Crippen molar-refractivity contribution in [2.24, 2.45) is 0 Å². The van der Waals surface area contributed by atoms with Gasteiger partial charge in [-0.25, -0.2) is 0 Å². The molecule has 0 aliphatic heterocycles. The highest BCUT2D eigenvalue weighted by Crippen LogP contribution is 2.15. The van der Waals surface area contributed by atoms with Gasteiger partial charge in [-0.2, -0.15) is 0 Å². The topological polar surface area (TPSA) is 12.0 Å². The zero-order chi connectivity index (χ0) is 9.52. The lowest BCUT2D eigenvalue weighted by atomic mass is 10.1. The van der Waals surface area contributed by atoms with Gasteiger partial charge in [-0.05, 0) is 39.2 Å². The number of allylic oxidation sites excluding steroid dienone is 4. The summed E-state index contributed by atoms with van der Waals surface area (Å²) in [5.74, 6) is 0. The molecule has 13 heavy (non-hydrogen) atoms. The normalized spacial score (nSPS) is 17.5. The number of hydrogen-bond acceptors (Lipinski definition) is 1. The van der Waals surface area contributed by atoms with Gasteiger partial charge in [0.05, 0.1) is 0 Å². The third kappa shape index (κ3) is 4.28. The molecule has 1 N–H and O–H groups in total. The van der Waals surface area contributed by atoms with Crippen molar-refractivity contribution in [1.82, 2.24) is 5.32 Å². The van der Waals surface area contributed by atoms with E-state index < -0.39 is 0 Å². The minimum absolute atomic E-state index is 0.677. The third-order valence-corrected chi connectivity index (χ3v) is 2.63. The van der Waals surface area contributed by atoms with Crippen LogP contribution in [0.15, 0.2) is 23.8 Å². The number of hydrogen-bond donors (Lipinski definition) is 1. The molecule has 1 rings (SSSR count). The highest BCUT2D eigenvalue weighted by Gasteiger charge is 2.00. The van der Waals surface area contributed by atoms with Crippen LogP contribution >= 0.6 is 0 Å². The molecule has 0 radical (unpaired) electrons. The summed E-state index contributed by atoms with van der Waals surface area (Å²) in [5, 5.41) is 3.51. The van der Waals surface area contributed by atoms with Gasteiger partial charge in [0.1, 0.15) is 0 Å². The van der Waals surface area contributed by atoms with Crippen LogP contribution in [0.5, 0.6) is 0 Å². The second-order valence-electron chi connectivity index (χ2n) is 3.82. The van der Waals surface area contributed by atoms with E-state index in [2.05, 4.69) is 37.4 Å². The van der Waals surface area contributed by atoms with Gasteiger partial charge in [0, 0.05) is 6.04 Å². The summed E-state index contributed by atoms with van der Waals surface area (Å²) in [6.45, 7) is 5.63. The SMILES string of the molecule is CCC(C)NCCCC1=CC=CC1. The zero-order valence-corrected chi connectivity index (χ0v) is 8.84. The molecule has 0 amide bonds. The minimum atomic E-state index is 0.677. The minimum Gasteiger partial charge on any atom is -0.314 e. The maximum atomic E-state index is 3.51. The van der Waals surface area contributed by atoms with Crippen LogP contribution in [-0.4, -0.2) is 12.6 Å². The van der Waals surface area contributed by atoms with Crippen LogP contribution in [-0.2, 0) is 0 Å². The number of rotatable bonds is 6. The van der Waals surface area contributed by atoms with Crippen LogP contribution in [0.2, 0.25) is 0 Å². The predicted octanol–water partition coefficient (Wildman–Crippen LogP) is 3.04. The highest BCUT2D eigenvalue weighted by molar-refractivity contribution is 5.22. The molecule has 0 bridgehead atoms. The van der Waals surface area contributed by atoms with Crippen molar-refractivity contribution < 1.29 is 0 Å². The van der Waals surface area contributed by atoms with Crippen molar-refractivity contribution in [3.63, 3.8) is 0 Å². The molecule has 0 heterocycles. The predicted molar refractivity (Wildman–Crippen MR) is 58.8 cm³/mol. The first kappa shape index (κ1) is 10.5. The molecule has 1 unspecified atom stereocenters. The molecule has 0 spiro atoms. The molecule has 0 saturated carbocycles. The Kier molecular flexibility index (Phi) is 4.84. The van der Waals surface area contributed by atoms with E-state index in [1.807, 2.05) is 0 Å². The van der Waals surface area contributed by atoms with E-state index in [-0.39, 0.29) is 0 Å². The average molecular weight is 179 g/mol. The summed E-state index contributed by atoms with van der Waals surface area (Å²) >= 11 is 0. The van der Waals surface area contributed by atoms with Crippen LogP contribution in [0.3, 0.4) is 0 Å². The van der Waals surface area contributed by atoms with E-state index in [0.717, 1.165) is 6.54 Å². The molecule has 0 saturated heterocycles. The van der Waals surface area contributed by atoms with Gasteiger partial charge in [0.15, 0.2) is 0 Å². The Morgan fingerprint density at radius 3 is 3.00 bits per heavy atom. The van der Waals surface area contributed by atoms with Crippen molar-refractivity contribution in [2.75, 3.05) is 6.54 Å². The molecular weight excluding hydrogens is 158 g/mol. The Labute approximate surface area is 81.9 Å². The lowest BCUT2D eigenvalue weighted by molar-refractivity contribution is 0.523. The Balaban J connectivity index is 1.95. The second kappa shape index (κ2) is 5.98. The van der Waals surface area contributed by atoms with E-state index in [0.29, 0.717) is 6.04 Å². The largest absolute Gasteiger partial charge is 0.314 e. The van der Waals surface area contributed by atoms with Crippen molar-refractivity contribution in [3.8, 4) is 0 Å². The van der Waals surface area contributed by atoms with Crippen molar-refractivity contribution >= 4 is 0 Å². The summed E-state index contributed by atoms with van der Waals surface area (Å²) in [7, 11) is 0. The van der Waals surface area contributed by atoms with Gasteiger partial charge in [-0.15, -0.1) is 0 Å². The smallest absolute Gasteiger partial charge is 0.00361 e. The molecule has 74 valence electrons. The molecule has 0 aromatic rings. The molecule has 0 aromatic carbocycles. The summed E-state index contributed by atoms with van der Waals surface area (Å²) in [6.07, 6.45) is 11.6. The van der Waals surface area contributed by atoms with Gasteiger partial charge >= 0.3 is 0 Å². The van der Waals surface area contributed by atoms with Crippen LogP contribution in [0, 0.1) is 0 Å². The van der Waals surface area contributed by atoms with E-state index in [4.69, 9.17) is 0 Å². The number of nitrogens with one attached hydrogen (secondary N) is 1. The van der Waals surface area contributed by atoms with E-state index in [9.17, 15) is 0 Å². The summed E-state index contributed by atoms with van der Waals surface area (Å²) in [6, 6.07) is 0.677. The fraction of sp³-hybridized carbons (Fsp3) is 0.667.